The summed E-state index contributed by atoms with van der Waals surface area (Å²) in [7, 11) is 0. The van der Waals surface area contributed by atoms with Gasteiger partial charge in [-0.25, -0.2) is 0 Å². The van der Waals surface area contributed by atoms with Crippen LogP contribution in [0.1, 0.15) is 17.5 Å². The average molecular weight is 363 g/mol. The molecule has 1 atom stereocenters. The topological polar surface area (TPSA) is 200 Å². The predicted molar refractivity (Wildman–Crippen MR) is 80.3 cm³/mol. The Balaban J connectivity index is 2.19. The highest BCUT2D eigenvalue weighted by molar-refractivity contribution is 6.06. The summed E-state index contributed by atoms with van der Waals surface area (Å²) in [6, 6.07) is 4.46. The molecule has 0 saturated carbocycles. The zero-order valence-corrected chi connectivity index (χ0v) is 12.5. The summed E-state index contributed by atoms with van der Waals surface area (Å²) in [6.45, 7) is 0. The van der Waals surface area contributed by atoms with Crippen molar-refractivity contribution in [3.05, 3.63) is 83.3 Å². The highest BCUT2D eigenvalue weighted by atomic mass is 16.8. The van der Waals surface area contributed by atoms with Crippen LogP contribution in [-0.4, -0.2) is 35.5 Å². The smallest absolute Gasteiger partial charge is 0.322 e. The molecule has 0 fully saturated rings. The molecular weight excluding hydrogens is 356 g/mol. The number of non-ortho nitro benzene ring substituents is 1. The van der Waals surface area contributed by atoms with Crippen molar-refractivity contribution < 1.29 is 24.7 Å². The number of aliphatic hydroxyl groups excluding tert-OH is 1. The van der Waals surface area contributed by atoms with Gasteiger partial charge in [0, 0.05) is 12.1 Å². The van der Waals surface area contributed by atoms with Gasteiger partial charge in [-0.05, 0) is 16.9 Å². The molecular formula is C12H7N6O8-. The number of hydrogen-bond acceptors (Lipinski definition) is 9. The van der Waals surface area contributed by atoms with Crippen molar-refractivity contribution in [2.24, 2.45) is 0 Å². The lowest BCUT2D eigenvalue weighted by atomic mass is 10.0. The van der Waals surface area contributed by atoms with E-state index in [0.29, 0.717) is 10.9 Å². The Kier molecular flexibility index (Phi) is 3.73. The van der Waals surface area contributed by atoms with E-state index in [1.165, 1.54) is 0 Å². The molecule has 0 bridgehead atoms. The maximum atomic E-state index is 12.4. The van der Waals surface area contributed by atoms with Crippen molar-refractivity contribution in [3.8, 4) is 5.69 Å². The first-order chi connectivity index (χ1) is 12.2. The number of aromatic nitrogens is 3. The monoisotopic (exact) mass is 363 g/mol. The quantitative estimate of drug-likeness (QED) is 0.320. The lowest BCUT2D eigenvalue weighted by Gasteiger charge is -2.14. The van der Waals surface area contributed by atoms with Gasteiger partial charge in [0.05, 0.1) is 21.0 Å². The lowest BCUT2D eigenvalue weighted by molar-refractivity contribution is -0.699. The van der Waals surface area contributed by atoms with Gasteiger partial charge >= 0.3 is 5.69 Å². The number of hydrogen-bond donors (Lipinski definition) is 1. The van der Waals surface area contributed by atoms with Gasteiger partial charge in [-0.15, -0.1) is 4.85 Å². The highest BCUT2D eigenvalue weighted by Gasteiger charge is 2.46. The van der Waals surface area contributed by atoms with Gasteiger partial charge in [-0.3, -0.25) is 20.2 Å². The molecule has 1 aromatic heterocycles. The SMILES string of the molecule is O=[N+]([O-])C1=CC(=[N+]([O-])[O-])c2nn(-c3ccc([N+](=O)[O-])cc3)[n+]([O-])c2C1O. The van der Waals surface area contributed by atoms with Gasteiger partial charge in [0.25, 0.3) is 17.1 Å². The van der Waals surface area contributed by atoms with Gasteiger partial charge < -0.3 is 20.7 Å². The Morgan fingerprint density at radius 1 is 1.08 bits per heavy atom. The van der Waals surface area contributed by atoms with Crippen LogP contribution in [-0.2, 0) is 0 Å². The van der Waals surface area contributed by atoms with E-state index in [-0.39, 0.29) is 16.2 Å². The number of nitro benzene ring substituents is 1. The predicted octanol–water partition coefficient (Wildman–Crippen LogP) is -0.581. The van der Waals surface area contributed by atoms with Crippen LogP contribution >= 0.6 is 0 Å². The lowest BCUT2D eigenvalue weighted by Crippen LogP contribution is -2.43. The van der Waals surface area contributed by atoms with Gasteiger partial charge in [0.15, 0.2) is 0 Å². The van der Waals surface area contributed by atoms with E-state index in [0.717, 1.165) is 24.3 Å². The minimum Gasteiger partial charge on any atom is -0.692 e. The standard InChI is InChI=1S/C12H7N6O8/c19-12-9(18(25)26)5-8(17(23)24)10-11(12)15(20)14(13-10)6-1-3-7(4-2-6)16(21)22/h1-5,12,19H/q-1. The van der Waals surface area contributed by atoms with Crippen LogP contribution in [0.2, 0.25) is 0 Å². The maximum Gasteiger partial charge on any atom is 0.322 e. The molecule has 14 heteroatoms. The molecule has 0 aliphatic heterocycles. The first-order valence-electron chi connectivity index (χ1n) is 6.75. The molecule has 3 rings (SSSR count). The molecule has 1 N–H and O–H groups in total. The Morgan fingerprint density at radius 2 is 1.69 bits per heavy atom. The molecule has 14 nitrogen and oxygen atoms in total. The van der Waals surface area contributed by atoms with Gasteiger partial charge in [0.2, 0.25) is 11.8 Å². The van der Waals surface area contributed by atoms with Crippen LogP contribution in [0.4, 0.5) is 5.69 Å². The Labute approximate surface area is 142 Å². The van der Waals surface area contributed by atoms with Crippen LogP contribution in [0.25, 0.3) is 5.69 Å². The molecule has 1 unspecified atom stereocenters. The van der Waals surface area contributed by atoms with Crippen molar-refractivity contribution in [2.45, 2.75) is 6.10 Å². The van der Waals surface area contributed by atoms with E-state index in [1.807, 2.05) is 0 Å². The molecule has 1 aromatic carbocycles. The molecule has 0 spiro atoms. The number of nitro groups is 2. The van der Waals surface area contributed by atoms with Crippen LogP contribution in [0, 0.1) is 35.9 Å². The number of aliphatic hydroxyl groups is 1. The first kappa shape index (κ1) is 16.8. The van der Waals surface area contributed by atoms with E-state index < -0.39 is 43.6 Å². The van der Waals surface area contributed by atoms with Crippen LogP contribution in [0.3, 0.4) is 0 Å². The number of nitrogens with zero attached hydrogens (tertiary/aromatic N) is 6. The zero-order valence-electron chi connectivity index (χ0n) is 12.5. The molecule has 1 aliphatic rings. The zero-order chi connectivity index (χ0) is 19.2. The first-order valence-corrected chi connectivity index (χ1v) is 6.75. The average Bonchev–Trinajstić information content (AvgIpc) is 2.92. The van der Waals surface area contributed by atoms with E-state index in [1.54, 1.807) is 0 Å². The normalized spacial score (nSPS) is 16.0. The molecule has 0 saturated heterocycles. The molecule has 2 aromatic rings. The van der Waals surface area contributed by atoms with E-state index in [4.69, 9.17) is 0 Å². The second kappa shape index (κ2) is 5.78. The largest absolute Gasteiger partial charge is 0.692 e. The third kappa shape index (κ3) is 2.46. The van der Waals surface area contributed by atoms with Crippen molar-refractivity contribution in [1.82, 2.24) is 9.90 Å². The fourth-order valence-corrected chi connectivity index (χ4v) is 2.39. The highest BCUT2D eigenvalue weighted by Crippen LogP contribution is 2.28. The fraction of sp³-hybridized carbons (Fsp3) is 0.0833. The number of benzene rings is 1. The second-order valence-corrected chi connectivity index (χ2v) is 5.04. The van der Waals surface area contributed by atoms with Crippen molar-refractivity contribution in [3.63, 3.8) is 0 Å². The minimum atomic E-state index is -2.03. The summed E-state index contributed by atoms with van der Waals surface area (Å²) < 4.78 is 0. The maximum absolute atomic E-state index is 12.4. The Morgan fingerprint density at radius 3 is 2.19 bits per heavy atom. The van der Waals surface area contributed by atoms with Crippen molar-refractivity contribution in [2.75, 3.05) is 0 Å². The van der Waals surface area contributed by atoms with Crippen LogP contribution in [0.15, 0.2) is 36.0 Å². The van der Waals surface area contributed by atoms with Gasteiger partial charge in [-0.1, -0.05) is 0 Å². The molecule has 26 heavy (non-hydrogen) atoms. The second-order valence-electron chi connectivity index (χ2n) is 5.04. The Hall–Kier alpha value is -4.07. The summed E-state index contributed by atoms with van der Waals surface area (Å²) in [4.78, 5) is 19.5. The molecule has 1 aliphatic carbocycles. The van der Waals surface area contributed by atoms with E-state index in [9.17, 15) is 41.0 Å². The van der Waals surface area contributed by atoms with Gasteiger partial charge in [0.1, 0.15) is 5.69 Å². The van der Waals surface area contributed by atoms with Gasteiger partial charge in [-0.2, -0.15) is 4.90 Å². The summed E-state index contributed by atoms with van der Waals surface area (Å²) >= 11 is 0. The minimum absolute atomic E-state index is 0.00227. The summed E-state index contributed by atoms with van der Waals surface area (Å²) in [5.74, 6) is 0. The number of allylic oxidation sites excluding steroid dienone is 1. The van der Waals surface area contributed by atoms with E-state index >= 15 is 0 Å². The van der Waals surface area contributed by atoms with E-state index in [2.05, 4.69) is 5.10 Å². The molecule has 1 heterocycles. The third-order valence-corrected chi connectivity index (χ3v) is 3.58. The summed E-state index contributed by atoms with van der Waals surface area (Å²) in [5, 5.41) is 70.1. The number of rotatable bonds is 3. The molecule has 134 valence electrons. The van der Waals surface area contributed by atoms with Crippen molar-refractivity contribution in [1.29, 1.82) is 0 Å². The molecule has 0 radical (unpaired) electrons. The number of fused-ring (bicyclic) bond motifs is 1. The third-order valence-electron chi connectivity index (χ3n) is 3.58. The summed E-state index contributed by atoms with van der Waals surface area (Å²) in [5.41, 5.74) is -3.28. The van der Waals surface area contributed by atoms with Crippen molar-refractivity contribution >= 4 is 11.4 Å². The fourth-order valence-electron chi connectivity index (χ4n) is 2.39. The van der Waals surface area contributed by atoms with Crippen LogP contribution < -0.4 is 4.85 Å². The summed E-state index contributed by atoms with van der Waals surface area (Å²) in [6.07, 6.45) is -1.51. The molecule has 0 amide bonds. The Bertz CT molecular complexity index is 988. The van der Waals surface area contributed by atoms with Crippen LogP contribution in [0.5, 0.6) is 0 Å².